The first-order valence-corrected chi connectivity index (χ1v) is 3.06. The van der Waals surface area contributed by atoms with Gasteiger partial charge in [0.1, 0.15) is 0 Å². The Morgan fingerprint density at radius 2 is 2.25 bits per heavy atom. The average molecular weight is 117 g/mol. The number of hydrogen-bond acceptors (Lipinski definition) is 2. The van der Waals surface area contributed by atoms with Gasteiger partial charge >= 0.3 is 0 Å². The van der Waals surface area contributed by atoms with Crippen molar-refractivity contribution in [2.45, 2.75) is 13.3 Å². The number of aliphatic hydroxyl groups is 1. The molecule has 0 rings (SSSR count). The summed E-state index contributed by atoms with van der Waals surface area (Å²) in [6.45, 7) is 3.35. The summed E-state index contributed by atoms with van der Waals surface area (Å²) in [4.78, 5) is 0. The Hall–Kier alpha value is -0.0800. The van der Waals surface area contributed by atoms with Crippen LogP contribution in [0, 0.1) is 5.92 Å². The lowest BCUT2D eigenvalue weighted by Crippen LogP contribution is -2.13. The summed E-state index contributed by atoms with van der Waals surface area (Å²) in [5.74, 6) is 0.447. The smallest absolute Gasteiger partial charge is 0.0457 e. The van der Waals surface area contributed by atoms with E-state index in [1.54, 1.807) is 0 Å². The predicted molar refractivity (Wildman–Crippen MR) is 34.8 cm³/mol. The highest BCUT2D eigenvalue weighted by Gasteiger charge is 1.95. The highest BCUT2D eigenvalue weighted by Crippen LogP contribution is 1.96. The van der Waals surface area contributed by atoms with Gasteiger partial charge in [0.15, 0.2) is 0 Å². The fourth-order valence-electron chi connectivity index (χ4n) is 0.482. The first kappa shape index (κ1) is 7.92. The third-order valence-electron chi connectivity index (χ3n) is 1.20. The van der Waals surface area contributed by atoms with Gasteiger partial charge in [-0.15, -0.1) is 0 Å². The van der Waals surface area contributed by atoms with Gasteiger partial charge in [-0.3, -0.25) is 0 Å². The first-order valence-electron chi connectivity index (χ1n) is 3.06. The van der Waals surface area contributed by atoms with E-state index in [-0.39, 0.29) is 0 Å². The highest BCUT2D eigenvalue weighted by atomic mass is 16.3. The van der Waals surface area contributed by atoms with Gasteiger partial charge in [0.25, 0.3) is 0 Å². The topological polar surface area (TPSA) is 32.3 Å². The molecule has 2 heteroatoms. The largest absolute Gasteiger partial charge is 0.396 e. The van der Waals surface area contributed by atoms with E-state index in [9.17, 15) is 0 Å². The van der Waals surface area contributed by atoms with E-state index in [1.807, 2.05) is 14.0 Å². The summed E-state index contributed by atoms with van der Waals surface area (Å²) in [5, 5.41) is 11.6. The van der Waals surface area contributed by atoms with Crippen LogP contribution < -0.4 is 5.32 Å². The Balaban J connectivity index is 2.86. The van der Waals surface area contributed by atoms with Crippen LogP contribution in [-0.2, 0) is 0 Å². The molecule has 0 amide bonds. The maximum absolute atomic E-state index is 8.53. The fraction of sp³-hybridized carbons (Fsp3) is 1.00. The molecule has 0 aromatic rings. The maximum Gasteiger partial charge on any atom is 0.0457 e. The van der Waals surface area contributed by atoms with Crippen LogP contribution in [0.4, 0.5) is 0 Å². The molecule has 0 aliphatic carbocycles. The summed E-state index contributed by atoms with van der Waals surface area (Å²) in [6, 6.07) is 0. The van der Waals surface area contributed by atoms with Crippen molar-refractivity contribution in [3.8, 4) is 0 Å². The zero-order valence-electron chi connectivity index (χ0n) is 5.65. The van der Waals surface area contributed by atoms with Crippen LogP contribution in [0.25, 0.3) is 0 Å². The van der Waals surface area contributed by atoms with Crippen molar-refractivity contribution in [1.29, 1.82) is 0 Å². The van der Waals surface area contributed by atoms with Crippen molar-refractivity contribution in [1.82, 2.24) is 5.32 Å². The van der Waals surface area contributed by atoms with E-state index in [0.29, 0.717) is 12.5 Å². The van der Waals surface area contributed by atoms with Crippen LogP contribution in [0.15, 0.2) is 0 Å². The molecule has 8 heavy (non-hydrogen) atoms. The number of aliphatic hydroxyl groups excluding tert-OH is 1. The standard InChI is InChI=1S/C6H15NO/c1-6(5-8)3-4-7-2/h6-8H,3-5H2,1-2H3. The molecular formula is C6H15NO. The molecule has 0 fully saturated rings. The minimum absolute atomic E-state index is 0.307. The Morgan fingerprint density at radius 3 is 2.62 bits per heavy atom. The molecule has 0 bridgehead atoms. The second kappa shape index (κ2) is 5.06. The number of nitrogens with one attached hydrogen (secondary N) is 1. The van der Waals surface area contributed by atoms with Gasteiger partial charge in [0.05, 0.1) is 0 Å². The van der Waals surface area contributed by atoms with Crippen LogP contribution in [-0.4, -0.2) is 25.3 Å². The molecule has 0 aromatic carbocycles. The summed E-state index contributed by atoms with van der Waals surface area (Å²) >= 11 is 0. The van der Waals surface area contributed by atoms with E-state index < -0.39 is 0 Å². The summed E-state index contributed by atoms with van der Waals surface area (Å²) in [7, 11) is 1.92. The lowest BCUT2D eigenvalue weighted by Gasteiger charge is -2.04. The Bertz CT molecular complexity index is 47.8. The zero-order chi connectivity index (χ0) is 6.41. The second-order valence-corrected chi connectivity index (χ2v) is 2.18. The summed E-state index contributed by atoms with van der Waals surface area (Å²) < 4.78 is 0. The second-order valence-electron chi connectivity index (χ2n) is 2.18. The van der Waals surface area contributed by atoms with Gasteiger partial charge in [-0.2, -0.15) is 0 Å². The average Bonchev–Trinajstić information content (AvgIpc) is 1.83. The molecule has 0 saturated heterocycles. The molecule has 0 radical (unpaired) electrons. The first-order chi connectivity index (χ1) is 3.81. The van der Waals surface area contributed by atoms with Crippen molar-refractivity contribution in [3.63, 3.8) is 0 Å². The van der Waals surface area contributed by atoms with Crippen molar-refractivity contribution in [2.75, 3.05) is 20.2 Å². The lowest BCUT2D eigenvalue weighted by atomic mass is 10.1. The molecule has 0 spiro atoms. The molecule has 1 unspecified atom stereocenters. The molecule has 0 aliphatic heterocycles. The third kappa shape index (κ3) is 4.09. The Labute approximate surface area is 50.9 Å². The van der Waals surface area contributed by atoms with Crippen LogP contribution in [0.5, 0.6) is 0 Å². The summed E-state index contributed by atoms with van der Waals surface area (Å²) in [6.07, 6.45) is 1.06. The van der Waals surface area contributed by atoms with Crippen molar-refractivity contribution < 1.29 is 5.11 Å². The highest BCUT2D eigenvalue weighted by molar-refractivity contribution is 4.50. The third-order valence-corrected chi connectivity index (χ3v) is 1.20. The van der Waals surface area contributed by atoms with E-state index in [4.69, 9.17) is 5.11 Å². The normalized spacial score (nSPS) is 13.9. The summed E-state index contributed by atoms with van der Waals surface area (Å²) in [5.41, 5.74) is 0. The lowest BCUT2D eigenvalue weighted by molar-refractivity contribution is 0.230. The molecule has 1 atom stereocenters. The maximum atomic E-state index is 8.53. The SMILES string of the molecule is CNCCC(C)CO. The van der Waals surface area contributed by atoms with Gasteiger partial charge in [0, 0.05) is 6.61 Å². The molecule has 0 heterocycles. The minimum atomic E-state index is 0.307. The van der Waals surface area contributed by atoms with Gasteiger partial charge in [-0.1, -0.05) is 6.92 Å². The zero-order valence-corrected chi connectivity index (χ0v) is 5.65. The molecule has 0 saturated carbocycles. The van der Waals surface area contributed by atoms with Crippen molar-refractivity contribution >= 4 is 0 Å². The fourth-order valence-corrected chi connectivity index (χ4v) is 0.482. The van der Waals surface area contributed by atoms with Crippen LogP contribution >= 0.6 is 0 Å². The van der Waals surface area contributed by atoms with Crippen LogP contribution in [0.1, 0.15) is 13.3 Å². The van der Waals surface area contributed by atoms with Crippen LogP contribution in [0.2, 0.25) is 0 Å². The van der Waals surface area contributed by atoms with E-state index in [1.165, 1.54) is 0 Å². The van der Waals surface area contributed by atoms with Gasteiger partial charge in [-0.05, 0) is 25.9 Å². The Morgan fingerprint density at radius 1 is 1.62 bits per heavy atom. The number of rotatable bonds is 4. The van der Waals surface area contributed by atoms with Crippen molar-refractivity contribution in [3.05, 3.63) is 0 Å². The molecular weight excluding hydrogens is 102 g/mol. The monoisotopic (exact) mass is 117 g/mol. The van der Waals surface area contributed by atoms with E-state index in [0.717, 1.165) is 13.0 Å². The number of hydrogen-bond donors (Lipinski definition) is 2. The molecule has 50 valence electrons. The predicted octanol–water partition coefficient (Wildman–Crippen LogP) is 0.224. The molecule has 0 aliphatic rings. The minimum Gasteiger partial charge on any atom is -0.396 e. The molecule has 2 N–H and O–H groups in total. The van der Waals surface area contributed by atoms with Crippen molar-refractivity contribution in [2.24, 2.45) is 5.92 Å². The van der Waals surface area contributed by atoms with Gasteiger partial charge in [0.2, 0.25) is 0 Å². The molecule has 0 aromatic heterocycles. The quantitative estimate of drug-likeness (QED) is 0.552. The van der Waals surface area contributed by atoms with Gasteiger partial charge in [-0.25, -0.2) is 0 Å². The Kier molecular flexibility index (Phi) is 5.01. The van der Waals surface area contributed by atoms with E-state index >= 15 is 0 Å². The van der Waals surface area contributed by atoms with E-state index in [2.05, 4.69) is 5.32 Å². The van der Waals surface area contributed by atoms with Crippen LogP contribution in [0.3, 0.4) is 0 Å². The molecule has 2 nitrogen and oxygen atoms in total. The van der Waals surface area contributed by atoms with Gasteiger partial charge < -0.3 is 10.4 Å².